The SMILES string of the molecule is C[C@@H]1COCCN1c1nc(-c2ccc(NC(=O)NC3CC3)cc2F)nc2c1CN(S(C)(=O)=O)C2. The van der Waals surface area contributed by atoms with Crippen LogP contribution in [0.25, 0.3) is 11.4 Å². The maximum Gasteiger partial charge on any atom is 0.319 e. The normalized spacial score (nSPS) is 20.8. The number of benzene rings is 1. The van der Waals surface area contributed by atoms with Crippen molar-refractivity contribution in [3.8, 4) is 11.4 Å². The second kappa shape index (κ2) is 8.75. The highest BCUT2D eigenvalue weighted by Gasteiger charge is 2.34. The summed E-state index contributed by atoms with van der Waals surface area (Å²) in [4.78, 5) is 23.3. The van der Waals surface area contributed by atoms with Crippen molar-refractivity contribution in [2.24, 2.45) is 0 Å². The molecule has 2 fully saturated rings. The number of fused-ring (bicyclic) bond motifs is 1. The lowest BCUT2D eigenvalue weighted by molar-refractivity contribution is 0.0984. The number of hydrogen-bond acceptors (Lipinski definition) is 7. The molecule has 1 aliphatic carbocycles. The first-order valence-corrected chi connectivity index (χ1v) is 13.1. The fraction of sp³-hybridized carbons (Fsp3) is 0.500. The lowest BCUT2D eigenvalue weighted by atomic mass is 10.1. The van der Waals surface area contributed by atoms with Crippen LogP contribution in [0.5, 0.6) is 0 Å². The summed E-state index contributed by atoms with van der Waals surface area (Å²) in [7, 11) is -3.44. The monoisotopic (exact) mass is 490 g/mol. The van der Waals surface area contributed by atoms with Crippen LogP contribution in [0.4, 0.5) is 20.7 Å². The molecule has 1 saturated heterocycles. The van der Waals surface area contributed by atoms with Crippen LogP contribution in [-0.4, -0.2) is 66.8 Å². The van der Waals surface area contributed by atoms with Gasteiger partial charge in [-0.05, 0) is 38.0 Å². The molecule has 0 unspecified atom stereocenters. The van der Waals surface area contributed by atoms with Crippen molar-refractivity contribution in [1.29, 1.82) is 0 Å². The molecule has 2 amide bonds. The summed E-state index contributed by atoms with van der Waals surface area (Å²) in [5.41, 5.74) is 1.80. The molecule has 10 nitrogen and oxygen atoms in total. The molecule has 2 N–H and O–H groups in total. The molecule has 2 aliphatic heterocycles. The number of amides is 2. The molecule has 3 aliphatic rings. The molecule has 2 aromatic rings. The van der Waals surface area contributed by atoms with Crippen molar-refractivity contribution in [2.45, 2.75) is 44.9 Å². The Morgan fingerprint density at radius 1 is 1.24 bits per heavy atom. The molecule has 0 radical (unpaired) electrons. The number of morpholine rings is 1. The van der Waals surface area contributed by atoms with Gasteiger partial charge >= 0.3 is 6.03 Å². The summed E-state index contributed by atoms with van der Waals surface area (Å²) in [6.07, 6.45) is 3.07. The van der Waals surface area contributed by atoms with Gasteiger partial charge in [0.25, 0.3) is 0 Å². The van der Waals surface area contributed by atoms with Crippen LogP contribution in [0.2, 0.25) is 0 Å². The van der Waals surface area contributed by atoms with Gasteiger partial charge in [0, 0.05) is 30.4 Å². The zero-order chi connectivity index (χ0) is 24.0. The quantitative estimate of drug-likeness (QED) is 0.659. The van der Waals surface area contributed by atoms with E-state index in [0.717, 1.165) is 24.7 Å². The smallest absolute Gasteiger partial charge is 0.319 e. The van der Waals surface area contributed by atoms with E-state index in [4.69, 9.17) is 9.72 Å². The van der Waals surface area contributed by atoms with Gasteiger partial charge in [0.15, 0.2) is 5.82 Å². The molecule has 3 heterocycles. The number of aromatic nitrogens is 2. The third kappa shape index (κ3) is 4.70. The Balaban J connectivity index is 1.49. The van der Waals surface area contributed by atoms with Crippen molar-refractivity contribution < 1.29 is 22.3 Å². The minimum atomic E-state index is -3.44. The van der Waals surface area contributed by atoms with E-state index in [0.29, 0.717) is 37.0 Å². The van der Waals surface area contributed by atoms with Gasteiger partial charge in [-0.15, -0.1) is 0 Å². The van der Waals surface area contributed by atoms with Crippen LogP contribution >= 0.6 is 0 Å². The van der Waals surface area contributed by atoms with Crippen molar-refractivity contribution in [2.75, 3.05) is 36.2 Å². The number of nitrogens with one attached hydrogen (secondary N) is 2. The Kier molecular flexibility index (Phi) is 5.90. The van der Waals surface area contributed by atoms with Gasteiger partial charge in [0.05, 0.1) is 43.3 Å². The highest BCUT2D eigenvalue weighted by molar-refractivity contribution is 7.88. The summed E-state index contributed by atoms with van der Waals surface area (Å²) >= 11 is 0. The van der Waals surface area contributed by atoms with Crippen LogP contribution in [0.15, 0.2) is 18.2 Å². The van der Waals surface area contributed by atoms with Gasteiger partial charge in [-0.2, -0.15) is 4.31 Å². The number of nitrogens with zero attached hydrogens (tertiary/aromatic N) is 4. The van der Waals surface area contributed by atoms with E-state index < -0.39 is 15.8 Å². The fourth-order valence-electron chi connectivity index (χ4n) is 4.20. The Morgan fingerprint density at radius 3 is 2.71 bits per heavy atom. The van der Waals surface area contributed by atoms with Crippen LogP contribution in [0.1, 0.15) is 31.0 Å². The number of halogens is 1. The summed E-state index contributed by atoms with van der Waals surface area (Å²) in [5, 5.41) is 5.43. The third-order valence-corrected chi connectivity index (χ3v) is 7.42. The van der Waals surface area contributed by atoms with Crippen molar-refractivity contribution in [3.05, 3.63) is 35.3 Å². The molecule has 1 atom stereocenters. The van der Waals surface area contributed by atoms with Gasteiger partial charge in [-0.1, -0.05) is 0 Å². The first-order chi connectivity index (χ1) is 16.2. The van der Waals surface area contributed by atoms with Gasteiger partial charge in [0.2, 0.25) is 10.0 Å². The summed E-state index contributed by atoms with van der Waals surface area (Å²) in [6.45, 7) is 3.91. The minimum Gasteiger partial charge on any atom is -0.377 e. The molecule has 182 valence electrons. The molecule has 0 spiro atoms. The topological polar surface area (TPSA) is 117 Å². The second-order valence-electron chi connectivity index (χ2n) is 9.01. The van der Waals surface area contributed by atoms with Crippen molar-refractivity contribution in [3.63, 3.8) is 0 Å². The van der Waals surface area contributed by atoms with Crippen LogP contribution in [-0.2, 0) is 27.8 Å². The number of hydrogen-bond donors (Lipinski definition) is 2. The third-order valence-electron chi connectivity index (χ3n) is 6.22. The molecular weight excluding hydrogens is 463 g/mol. The Morgan fingerprint density at radius 2 is 2.03 bits per heavy atom. The van der Waals surface area contributed by atoms with E-state index >= 15 is 4.39 Å². The Hall–Kier alpha value is -2.83. The number of urea groups is 1. The van der Waals surface area contributed by atoms with Crippen molar-refractivity contribution in [1.82, 2.24) is 19.6 Å². The number of ether oxygens (including phenoxy) is 1. The fourth-order valence-corrected chi connectivity index (χ4v) is 4.92. The van der Waals surface area contributed by atoms with E-state index in [1.807, 2.05) is 6.92 Å². The van der Waals surface area contributed by atoms with Crippen LogP contribution in [0, 0.1) is 5.82 Å². The minimum absolute atomic E-state index is 0.0225. The molecule has 1 aromatic heterocycles. The van der Waals surface area contributed by atoms with E-state index in [2.05, 4.69) is 20.5 Å². The zero-order valence-corrected chi connectivity index (χ0v) is 19.9. The maximum absolute atomic E-state index is 15.1. The molecule has 5 rings (SSSR count). The molecule has 34 heavy (non-hydrogen) atoms. The first-order valence-electron chi connectivity index (χ1n) is 11.3. The lowest BCUT2D eigenvalue weighted by Gasteiger charge is -2.35. The van der Waals surface area contributed by atoms with Gasteiger partial charge in [-0.3, -0.25) is 0 Å². The van der Waals surface area contributed by atoms with Crippen LogP contribution in [0.3, 0.4) is 0 Å². The van der Waals surface area contributed by atoms with E-state index in [9.17, 15) is 13.2 Å². The van der Waals surface area contributed by atoms with E-state index in [1.54, 1.807) is 6.07 Å². The summed E-state index contributed by atoms with van der Waals surface area (Å²) in [6, 6.07) is 4.21. The van der Waals surface area contributed by atoms with Gasteiger partial charge in [0.1, 0.15) is 11.6 Å². The molecule has 0 bridgehead atoms. The average molecular weight is 491 g/mol. The first kappa shape index (κ1) is 22.9. The lowest BCUT2D eigenvalue weighted by Crippen LogP contribution is -2.44. The van der Waals surface area contributed by atoms with Crippen molar-refractivity contribution >= 4 is 27.6 Å². The molecule has 12 heteroatoms. The van der Waals surface area contributed by atoms with Gasteiger partial charge < -0.3 is 20.3 Å². The average Bonchev–Trinajstić information content (AvgIpc) is 3.46. The molecule has 1 aromatic carbocycles. The largest absolute Gasteiger partial charge is 0.377 e. The highest BCUT2D eigenvalue weighted by atomic mass is 32.2. The Labute approximate surface area is 197 Å². The number of sulfonamides is 1. The van der Waals surface area contributed by atoms with E-state index in [-0.39, 0.29) is 42.6 Å². The van der Waals surface area contributed by atoms with E-state index in [1.165, 1.54) is 16.4 Å². The maximum atomic E-state index is 15.1. The standard InChI is InChI=1S/C22H27FN6O4S/c1-13-12-33-8-7-29(13)21-17-10-28(34(2,31)32)11-19(17)26-20(27-21)16-6-5-15(9-18(16)23)25-22(30)24-14-3-4-14/h5-6,9,13-14H,3-4,7-8,10-12H2,1-2H3,(H2,24,25,30)/t13-/m1/s1. The number of rotatable bonds is 5. The highest BCUT2D eigenvalue weighted by Crippen LogP contribution is 2.35. The summed E-state index contributed by atoms with van der Waals surface area (Å²) < 4.78 is 46.4. The zero-order valence-electron chi connectivity index (χ0n) is 19.0. The predicted molar refractivity (Wildman–Crippen MR) is 124 cm³/mol. The summed E-state index contributed by atoms with van der Waals surface area (Å²) in [5.74, 6) is 0.199. The van der Waals surface area contributed by atoms with Crippen LogP contribution < -0.4 is 15.5 Å². The Bertz CT molecular complexity index is 1240. The number of anilines is 2. The number of carbonyl (C=O) groups is 1. The number of carbonyl (C=O) groups excluding carboxylic acids is 1. The molecule has 1 saturated carbocycles. The predicted octanol–water partition coefficient (Wildman–Crippen LogP) is 2.07. The second-order valence-corrected chi connectivity index (χ2v) is 11.0. The molecular formula is C22H27FN6O4S. The van der Waals surface area contributed by atoms with Gasteiger partial charge in [-0.25, -0.2) is 27.6 Å².